The smallest absolute Gasteiger partial charge is 0.264 e. The Morgan fingerprint density at radius 3 is 2.33 bits per heavy atom. The molecule has 0 unspecified atom stereocenters. The van der Waals surface area contributed by atoms with Gasteiger partial charge in [-0.2, -0.15) is 0 Å². The number of hydrogen-bond donors (Lipinski definition) is 1. The van der Waals surface area contributed by atoms with Gasteiger partial charge in [-0.1, -0.05) is 41.4 Å². The number of anilines is 2. The third kappa shape index (κ3) is 5.03. The van der Waals surface area contributed by atoms with Crippen molar-refractivity contribution in [3.05, 3.63) is 87.4 Å². The van der Waals surface area contributed by atoms with E-state index >= 15 is 0 Å². The summed E-state index contributed by atoms with van der Waals surface area (Å²) < 4.78 is 28.7. The van der Waals surface area contributed by atoms with Gasteiger partial charge in [-0.05, 0) is 77.8 Å². The fourth-order valence-corrected chi connectivity index (χ4v) is 5.01. The summed E-state index contributed by atoms with van der Waals surface area (Å²) in [5.41, 5.74) is 2.53. The highest BCUT2D eigenvalue weighted by atomic mass is 79.9. The van der Waals surface area contributed by atoms with Crippen molar-refractivity contribution in [2.75, 3.05) is 16.2 Å². The Labute approximate surface area is 189 Å². The maximum Gasteiger partial charge on any atom is 0.264 e. The van der Waals surface area contributed by atoms with Crippen LogP contribution in [0.5, 0.6) is 0 Å². The van der Waals surface area contributed by atoms with E-state index in [1.54, 1.807) is 55.5 Å². The zero-order chi connectivity index (χ0) is 21.9. The number of para-hydroxylation sites is 1. The van der Waals surface area contributed by atoms with Crippen molar-refractivity contribution in [2.24, 2.45) is 0 Å². The summed E-state index contributed by atoms with van der Waals surface area (Å²) in [6.07, 6.45) is 0. The van der Waals surface area contributed by atoms with E-state index in [-0.39, 0.29) is 11.4 Å². The van der Waals surface area contributed by atoms with Gasteiger partial charge in [-0.25, -0.2) is 8.42 Å². The van der Waals surface area contributed by atoms with E-state index in [0.717, 1.165) is 9.87 Å². The fourth-order valence-electron chi connectivity index (χ4n) is 2.92. The summed E-state index contributed by atoms with van der Waals surface area (Å²) in [6, 6.07) is 18.5. The average Bonchev–Trinajstić information content (AvgIpc) is 2.69. The molecule has 156 valence electrons. The molecule has 0 radical (unpaired) electrons. The van der Waals surface area contributed by atoms with Crippen molar-refractivity contribution in [3.63, 3.8) is 0 Å². The maximum atomic E-state index is 13.4. The van der Waals surface area contributed by atoms with Crippen LogP contribution in [0.25, 0.3) is 0 Å². The third-order valence-electron chi connectivity index (χ3n) is 4.47. The number of aryl methyl sites for hydroxylation is 2. The molecule has 5 nitrogen and oxygen atoms in total. The van der Waals surface area contributed by atoms with Gasteiger partial charge in [0.1, 0.15) is 6.54 Å². The van der Waals surface area contributed by atoms with Crippen molar-refractivity contribution in [1.29, 1.82) is 0 Å². The molecular formula is C22H20BrClN2O3S. The molecule has 0 aliphatic rings. The first-order valence-corrected chi connectivity index (χ1v) is 11.7. The van der Waals surface area contributed by atoms with Gasteiger partial charge in [0, 0.05) is 9.50 Å². The third-order valence-corrected chi connectivity index (χ3v) is 7.17. The molecule has 1 N–H and O–H groups in total. The molecular weight excluding hydrogens is 488 g/mol. The minimum atomic E-state index is -3.99. The molecule has 30 heavy (non-hydrogen) atoms. The maximum absolute atomic E-state index is 13.4. The molecule has 0 heterocycles. The zero-order valence-corrected chi connectivity index (χ0v) is 19.6. The molecule has 0 spiro atoms. The lowest BCUT2D eigenvalue weighted by Crippen LogP contribution is -2.38. The van der Waals surface area contributed by atoms with E-state index in [4.69, 9.17) is 11.6 Å². The molecule has 0 saturated heterocycles. The van der Waals surface area contributed by atoms with Crippen molar-refractivity contribution in [1.82, 2.24) is 0 Å². The van der Waals surface area contributed by atoms with Gasteiger partial charge in [-0.3, -0.25) is 9.10 Å². The molecule has 0 saturated carbocycles. The molecule has 3 aromatic rings. The quantitative estimate of drug-likeness (QED) is 0.475. The van der Waals surface area contributed by atoms with E-state index in [9.17, 15) is 13.2 Å². The summed E-state index contributed by atoms with van der Waals surface area (Å²) in [6.45, 7) is 3.24. The van der Waals surface area contributed by atoms with Crippen LogP contribution in [0.1, 0.15) is 11.1 Å². The van der Waals surface area contributed by atoms with E-state index in [2.05, 4.69) is 21.2 Å². The van der Waals surface area contributed by atoms with Crippen LogP contribution < -0.4 is 9.62 Å². The summed E-state index contributed by atoms with van der Waals surface area (Å²) in [4.78, 5) is 12.9. The molecule has 0 aliphatic heterocycles. The topological polar surface area (TPSA) is 66.5 Å². The van der Waals surface area contributed by atoms with E-state index in [1.807, 2.05) is 13.0 Å². The van der Waals surface area contributed by atoms with E-state index in [0.29, 0.717) is 26.4 Å². The predicted molar refractivity (Wildman–Crippen MR) is 125 cm³/mol. The first-order chi connectivity index (χ1) is 14.2. The molecule has 0 bridgehead atoms. The van der Waals surface area contributed by atoms with Gasteiger partial charge >= 0.3 is 0 Å². The zero-order valence-electron chi connectivity index (χ0n) is 16.4. The van der Waals surface area contributed by atoms with Crippen LogP contribution in [-0.2, 0) is 14.8 Å². The van der Waals surface area contributed by atoms with Crippen LogP contribution >= 0.6 is 27.5 Å². The fraction of sp³-hybridized carbons (Fsp3) is 0.136. The minimum absolute atomic E-state index is 0.108. The second-order valence-electron chi connectivity index (χ2n) is 6.78. The largest absolute Gasteiger partial charge is 0.323 e. The molecule has 0 atom stereocenters. The Kier molecular flexibility index (Phi) is 6.85. The highest BCUT2D eigenvalue weighted by Gasteiger charge is 2.28. The van der Waals surface area contributed by atoms with Gasteiger partial charge in [0.05, 0.1) is 16.3 Å². The molecule has 3 aromatic carbocycles. The Balaban J connectivity index is 2.00. The molecule has 0 aliphatic carbocycles. The Hall–Kier alpha value is -2.35. The highest BCUT2D eigenvalue weighted by molar-refractivity contribution is 9.10. The minimum Gasteiger partial charge on any atom is -0.323 e. The molecule has 0 aromatic heterocycles. The van der Waals surface area contributed by atoms with Crippen molar-refractivity contribution >= 4 is 54.8 Å². The van der Waals surface area contributed by atoms with Crippen LogP contribution in [0, 0.1) is 13.8 Å². The second-order valence-corrected chi connectivity index (χ2v) is 9.94. The Morgan fingerprint density at radius 1 is 1.03 bits per heavy atom. The van der Waals surface area contributed by atoms with Gasteiger partial charge < -0.3 is 5.32 Å². The van der Waals surface area contributed by atoms with Crippen molar-refractivity contribution in [2.45, 2.75) is 18.7 Å². The van der Waals surface area contributed by atoms with Crippen molar-refractivity contribution in [3.8, 4) is 0 Å². The normalized spacial score (nSPS) is 11.2. The predicted octanol–water partition coefficient (Wildman–Crippen LogP) is 5.55. The number of sulfonamides is 1. The number of nitrogens with zero attached hydrogens (tertiary/aromatic N) is 1. The number of nitrogens with one attached hydrogen (secondary N) is 1. The summed E-state index contributed by atoms with van der Waals surface area (Å²) in [5, 5.41) is 3.24. The van der Waals surface area contributed by atoms with Gasteiger partial charge in [0.2, 0.25) is 5.91 Å². The second kappa shape index (κ2) is 9.20. The monoisotopic (exact) mass is 506 g/mol. The van der Waals surface area contributed by atoms with Gasteiger partial charge in [-0.15, -0.1) is 0 Å². The summed E-state index contributed by atoms with van der Waals surface area (Å²) in [5.74, 6) is -0.466. The number of halogens is 2. The summed E-state index contributed by atoms with van der Waals surface area (Å²) in [7, 11) is -3.99. The van der Waals surface area contributed by atoms with Crippen LogP contribution in [0.2, 0.25) is 5.02 Å². The van der Waals surface area contributed by atoms with Gasteiger partial charge in [0.25, 0.3) is 10.0 Å². The van der Waals surface area contributed by atoms with E-state index < -0.39 is 15.9 Å². The lowest BCUT2D eigenvalue weighted by atomic mass is 10.2. The molecule has 8 heteroatoms. The average molecular weight is 508 g/mol. The lowest BCUT2D eigenvalue weighted by Gasteiger charge is -2.26. The SMILES string of the molecule is Cc1ccc(S(=O)(=O)N(CC(=O)Nc2ccccc2Br)c2ccc(Cl)cc2C)cc1. The van der Waals surface area contributed by atoms with Gasteiger partial charge in [0.15, 0.2) is 0 Å². The number of benzene rings is 3. The van der Waals surface area contributed by atoms with Crippen molar-refractivity contribution < 1.29 is 13.2 Å². The molecule has 1 amide bonds. The first-order valence-electron chi connectivity index (χ1n) is 9.08. The lowest BCUT2D eigenvalue weighted by molar-refractivity contribution is -0.114. The molecule has 3 rings (SSSR count). The summed E-state index contributed by atoms with van der Waals surface area (Å²) >= 11 is 9.43. The number of carbonyl (C=O) groups excluding carboxylic acids is 1. The van der Waals surface area contributed by atoms with Crippen LogP contribution in [0.4, 0.5) is 11.4 Å². The number of hydrogen-bond acceptors (Lipinski definition) is 3. The Morgan fingerprint density at radius 2 is 1.70 bits per heavy atom. The standard InChI is InChI=1S/C22H20BrClN2O3S/c1-15-7-10-18(11-8-15)30(28,29)26(21-12-9-17(24)13-16(21)2)14-22(27)25-20-6-4-3-5-19(20)23/h3-13H,14H2,1-2H3,(H,25,27). The molecule has 0 fully saturated rings. The highest BCUT2D eigenvalue weighted by Crippen LogP contribution is 2.29. The number of carbonyl (C=O) groups is 1. The first kappa shape index (κ1) is 22.3. The van der Waals surface area contributed by atoms with Crippen LogP contribution in [0.15, 0.2) is 76.1 Å². The Bertz CT molecular complexity index is 1180. The van der Waals surface area contributed by atoms with E-state index in [1.165, 1.54) is 12.1 Å². The number of amides is 1. The number of rotatable bonds is 6. The van der Waals surface area contributed by atoms with Crippen LogP contribution in [0.3, 0.4) is 0 Å². The van der Waals surface area contributed by atoms with Crippen LogP contribution in [-0.4, -0.2) is 20.9 Å².